The number of nitrogens with one attached hydrogen (secondary N) is 8. The van der Waals surface area contributed by atoms with Gasteiger partial charge < -0.3 is 75.1 Å². The van der Waals surface area contributed by atoms with Gasteiger partial charge in [-0.3, -0.25) is 52.7 Å². The van der Waals surface area contributed by atoms with Crippen LogP contribution in [0.2, 0.25) is 0 Å². The Hall–Kier alpha value is -6.44. The normalized spacial score (nSPS) is 15.2. The summed E-state index contributed by atoms with van der Waals surface area (Å²) in [6, 6.07) is -11.7. The van der Waals surface area contributed by atoms with E-state index in [4.69, 9.17) is 17.2 Å². The van der Waals surface area contributed by atoms with Crippen molar-refractivity contribution in [2.75, 3.05) is 13.2 Å². The van der Waals surface area contributed by atoms with Crippen LogP contribution in [0.3, 0.4) is 0 Å². The van der Waals surface area contributed by atoms with E-state index in [9.17, 15) is 72.9 Å². The number of aliphatic hydroxyl groups excluding tert-OH is 1. The molecule has 0 aromatic carbocycles. The summed E-state index contributed by atoms with van der Waals surface area (Å²) in [7, 11) is 0. The lowest BCUT2D eigenvalue weighted by Gasteiger charge is -2.29. The van der Waals surface area contributed by atoms with E-state index in [0.717, 1.165) is 0 Å². The highest BCUT2D eigenvalue weighted by molar-refractivity contribution is 5.98. The van der Waals surface area contributed by atoms with Crippen LogP contribution in [0.25, 0.3) is 0 Å². The summed E-state index contributed by atoms with van der Waals surface area (Å²) in [5.74, 6) is -14.3. The van der Waals surface area contributed by atoms with Crippen LogP contribution in [0.15, 0.2) is 0 Å². The number of primary amides is 2. The first-order valence-corrected chi connectivity index (χ1v) is 21.8. The summed E-state index contributed by atoms with van der Waals surface area (Å²) in [5.41, 5.74) is 16.6. The molecule has 0 unspecified atom stereocenters. The highest BCUT2D eigenvalue weighted by atomic mass is 16.4. The summed E-state index contributed by atoms with van der Waals surface area (Å²) >= 11 is 0. The van der Waals surface area contributed by atoms with Crippen LogP contribution in [-0.2, 0) is 57.5 Å². The number of aliphatic hydroxyl groups is 1. The molecule has 0 spiro atoms. The molecular formula is C41H71N11O15. The van der Waals surface area contributed by atoms with Crippen LogP contribution < -0.4 is 59.7 Å². The number of carbonyl (C=O) groups is 12. The molecule has 0 saturated carbocycles. The first kappa shape index (κ1) is 60.6. The largest absolute Gasteiger partial charge is 0.481 e. The van der Waals surface area contributed by atoms with Gasteiger partial charge in [0.2, 0.25) is 59.1 Å². The van der Waals surface area contributed by atoms with Gasteiger partial charge in [0.05, 0.1) is 25.6 Å². The molecule has 0 saturated heterocycles. The maximum absolute atomic E-state index is 13.7. The third-order valence-electron chi connectivity index (χ3n) is 10.3. The lowest BCUT2D eigenvalue weighted by Crippen LogP contribution is -2.60. The van der Waals surface area contributed by atoms with Crippen LogP contribution >= 0.6 is 0 Å². The Balaban J connectivity index is 6.24. The van der Waals surface area contributed by atoms with E-state index in [2.05, 4.69) is 42.5 Å². The van der Waals surface area contributed by atoms with Gasteiger partial charge in [0.15, 0.2) is 0 Å². The van der Waals surface area contributed by atoms with Gasteiger partial charge in [-0.2, -0.15) is 0 Å². The fourth-order valence-electron chi connectivity index (χ4n) is 6.04. The van der Waals surface area contributed by atoms with Crippen molar-refractivity contribution in [3.05, 3.63) is 0 Å². The van der Waals surface area contributed by atoms with Crippen molar-refractivity contribution in [3.8, 4) is 0 Å². The Morgan fingerprint density at radius 3 is 1.45 bits per heavy atom. The summed E-state index contributed by atoms with van der Waals surface area (Å²) in [5, 5.41) is 47.3. The molecule has 0 heterocycles. The second-order valence-electron chi connectivity index (χ2n) is 17.2. The summed E-state index contributed by atoms with van der Waals surface area (Å²) < 4.78 is 0. The van der Waals surface area contributed by atoms with Crippen LogP contribution in [0, 0.1) is 23.7 Å². The molecule has 0 fully saturated rings. The molecule has 0 aliphatic carbocycles. The number of amides is 10. The maximum Gasteiger partial charge on any atom is 0.326 e. The van der Waals surface area contributed by atoms with Gasteiger partial charge in [-0.1, -0.05) is 61.8 Å². The molecule has 26 heteroatoms. The van der Waals surface area contributed by atoms with Crippen molar-refractivity contribution in [3.63, 3.8) is 0 Å². The quantitative estimate of drug-likeness (QED) is 0.0301. The number of nitrogens with two attached hydrogens (primary N) is 3. The highest BCUT2D eigenvalue weighted by Gasteiger charge is 2.35. The first-order chi connectivity index (χ1) is 31.1. The zero-order chi connectivity index (χ0) is 51.9. The molecule has 9 atom stereocenters. The molecule has 0 radical (unpaired) electrons. The van der Waals surface area contributed by atoms with Gasteiger partial charge in [0.25, 0.3) is 0 Å². The van der Waals surface area contributed by atoms with Crippen LogP contribution in [0.1, 0.15) is 100 Å². The monoisotopic (exact) mass is 958 g/mol. The number of hydrogen-bond acceptors (Lipinski definition) is 14. The van der Waals surface area contributed by atoms with E-state index in [-0.39, 0.29) is 18.3 Å². The fourth-order valence-corrected chi connectivity index (χ4v) is 6.04. The van der Waals surface area contributed by atoms with Crippen molar-refractivity contribution >= 4 is 71.0 Å². The Morgan fingerprint density at radius 1 is 0.522 bits per heavy atom. The standard InChI is InChI=1S/C41H71N11O15/c1-9-21(8)33(52-39(64)31(44)19(4)5)40(65)48-22(10-12-27(42)54)35(60)47-23(11-13-30(57)58)36(61)50-25(15-28(43)55)34(59)45-16-29(56)46-26(17-53)38(63)49-24(14-18(2)3)37(62)51-32(20(6)7)41(66)67/h18-26,31-33,53H,9-17,44H2,1-8H3,(H2,42,54)(H2,43,55)(H,45,59)(H,46,56)(H,47,60)(H,48,65)(H,49,63)(H,50,61)(H,51,62)(H,52,64)(H,57,58)(H,66,67)/t21-,22-,23-,24-,25-,26-,31-,32-,33-/m0/s1. The molecule has 67 heavy (non-hydrogen) atoms. The average Bonchev–Trinajstić information content (AvgIpc) is 3.23. The molecule has 0 aliphatic rings. The van der Waals surface area contributed by atoms with Gasteiger partial charge >= 0.3 is 11.9 Å². The summed E-state index contributed by atoms with van der Waals surface area (Å²) in [6.45, 7) is 11.4. The number of hydrogen-bond donors (Lipinski definition) is 14. The molecule has 26 nitrogen and oxygen atoms in total. The SMILES string of the molecule is CC[C@H](C)[C@H](NC(=O)[C@@H](N)C(C)C)C(=O)N[C@@H](CCC(N)=O)C(=O)N[C@@H](CCC(=O)O)C(=O)N[C@@H](CC(N)=O)C(=O)NCC(=O)N[C@@H](CO)C(=O)N[C@@H](CC(C)C)C(=O)N[C@H](C(=O)O)C(C)C. The van der Waals surface area contributed by atoms with Gasteiger partial charge in [-0.05, 0) is 42.9 Å². The predicted molar refractivity (Wildman–Crippen MR) is 237 cm³/mol. The van der Waals surface area contributed by atoms with Crippen molar-refractivity contribution in [2.24, 2.45) is 40.9 Å². The van der Waals surface area contributed by atoms with Gasteiger partial charge in [0.1, 0.15) is 42.3 Å². The summed E-state index contributed by atoms with van der Waals surface area (Å²) in [6.07, 6.45) is -2.68. The van der Waals surface area contributed by atoms with Gasteiger partial charge in [-0.15, -0.1) is 0 Å². The van der Waals surface area contributed by atoms with Crippen molar-refractivity contribution in [2.45, 2.75) is 149 Å². The van der Waals surface area contributed by atoms with E-state index in [1.165, 1.54) is 0 Å². The van der Waals surface area contributed by atoms with Crippen molar-refractivity contribution in [1.82, 2.24) is 42.5 Å². The zero-order valence-corrected chi connectivity index (χ0v) is 39.3. The van der Waals surface area contributed by atoms with Gasteiger partial charge in [0, 0.05) is 12.8 Å². The van der Waals surface area contributed by atoms with E-state index in [0.29, 0.717) is 6.42 Å². The molecule has 0 aromatic rings. The minimum Gasteiger partial charge on any atom is -0.481 e. The third kappa shape index (κ3) is 23.0. The number of rotatable bonds is 32. The molecule has 10 amide bonds. The first-order valence-electron chi connectivity index (χ1n) is 21.8. The minimum atomic E-state index is -1.85. The lowest BCUT2D eigenvalue weighted by atomic mass is 9.96. The van der Waals surface area contributed by atoms with Crippen LogP contribution in [0.4, 0.5) is 0 Å². The second-order valence-corrected chi connectivity index (χ2v) is 17.2. The predicted octanol–water partition coefficient (Wildman–Crippen LogP) is -4.69. The Morgan fingerprint density at radius 2 is 1.00 bits per heavy atom. The number of carboxylic acids is 2. The molecule has 0 aliphatic heterocycles. The molecule has 380 valence electrons. The van der Waals surface area contributed by atoms with E-state index in [1.807, 2.05) is 0 Å². The van der Waals surface area contributed by atoms with Crippen LogP contribution in [-0.4, -0.2) is 148 Å². The van der Waals surface area contributed by atoms with E-state index < -0.39 is 176 Å². The second kappa shape index (κ2) is 30.0. The van der Waals surface area contributed by atoms with Crippen LogP contribution in [0.5, 0.6) is 0 Å². The average molecular weight is 958 g/mol. The minimum absolute atomic E-state index is 0.0404. The maximum atomic E-state index is 13.7. The molecular weight excluding hydrogens is 887 g/mol. The number of aliphatic carboxylic acids is 2. The topological polar surface area (TPSA) is 440 Å². The number of carboxylic acid groups (broad SMARTS) is 2. The molecule has 0 rings (SSSR count). The number of carbonyl (C=O) groups excluding carboxylic acids is 10. The van der Waals surface area contributed by atoms with Crippen molar-refractivity contribution < 1.29 is 72.9 Å². The third-order valence-corrected chi connectivity index (χ3v) is 10.3. The molecule has 0 aromatic heterocycles. The lowest BCUT2D eigenvalue weighted by molar-refractivity contribution is -0.143. The Kier molecular flexibility index (Phi) is 27.1. The van der Waals surface area contributed by atoms with E-state index in [1.54, 1.807) is 55.4 Å². The fraction of sp³-hybridized carbons (Fsp3) is 0.707. The van der Waals surface area contributed by atoms with Gasteiger partial charge in [-0.25, -0.2) is 4.79 Å². The summed E-state index contributed by atoms with van der Waals surface area (Å²) in [4.78, 5) is 153. The molecule has 0 bridgehead atoms. The Labute approximate surface area is 388 Å². The Bertz CT molecular complexity index is 1780. The zero-order valence-electron chi connectivity index (χ0n) is 39.3. The smallest absolute Gasteiger partial charge is 0.326 e. The molecule has 17 N–H and O–H groups in total. The van der Waals surface area contributed by atoms with Crippen molar-refractivity contribution in [1.29, 1.82) is 0 Å². The van der Waals surface area contributed by atoms with E-state index >= 15 is 0 Å². The highest BCUT2D eigenvalue weighted by Crippen LogP contribution is 2.12.